The summed E-state index contributed by atoms with van der Waals surface area (Å²) in [5.41, 5.74) is 0.982. The lowest BCUT2D eigenvalue weighted by Gasteiger charge is -2.04. The summed E-state index contributed by atoms with van der Waals surface area (Å²) in [5, 5.41) is 7.04. The van der Waals surface area contributed by atoms with Gasteiger partial charge in [0.15, 0.2) is 0 Å². The Balaban J connectivity index is 2.22. The molecule has 0 spiro atoms. The number of aromatic amines is 1. The van der Waals surface area contributed by atoms with Crippen LogP contribution in [-0.4, -0.2) is 17.3 Å². The SMILES string of the molecule is COc1ccc(Cc2n[nH]c(=S)o2)cc1Cl. The number of hydrogen-bond donors (Lipinski definition) is 1. The number of nitrogens with one attached hydrogen (secondary N) is 1. The van der Waals surface area contributed by atoms with Crippen molar-refractivity contribution in [2.75, 3.05) is 7.11 Å². The van der Waals surface area contributed by atoms with Gasteiger partial charge in [-0.15, -0.1) is 5.10 Å². The first kappa shape index (κ1) is 11.2. The quantitative estimate of drug-likeness (QED) is 0.858. The fourth-order valence-electron chi connectivity index (χ4n) is 1.33. The Bertz CT molecular complexity index is 550. The van der Waals surface area contributed by atoms with Crippen molar-refractivity contribution in [1.29, 1.82) is 0 Å². The van der Waals surface area contributed by atoms with Crippen molar-refractivity contribution in [3.63, 3.8) is 0 Å². The second kappa shape index (κ2) is 4.67. The topological polar surface area (TPSA) is 51.0 Å². The first-order valence-corrected chi connectivity index (χ1v) is 5.34. The standard InChI is InChI=1S/C10H9ClN2O2S/c1-14-8-3-2-6(4-7(8)11)5-9-12-13-10(16)15-9/h2-4H,5H2,1H3,(H,13,16). The minimum Gasteiger partial charge on any atom is -0.495 e. The first-order valence-electron chi connectivity index (χ1n) is 4.56. The second-order valence-electron chi connectivity index (χ2n) is 3.15. The lowest BCUT2D eigenvalue weighted by Crippen LogP contribution is -1.90. The van der Waals surface area contributed by atoms with Crippen molar-refractivity contribution in [1.82, 2.24) is 10.2 Å². The van der Waals surface area contributed by atoms with E-state index in [9.17, 15) is 0 Å². The van der Waals surface area contributed by atoms with E-state index in [0.29, 0.717) is 23.1 Å². The lowest BCUT2D eigenvalue weighted by atomic mass is 10.1. The van der Waals surface area contributed by atoms with Crippen LogP contribution < -0.4 is 4.74 Å². The van der Waals surface area contributed by atoms with E-state index in [-0.39, 0.29) is 4.84 Å². The molecule has 1 heterocycles. The average molecular weight is 257 g/mol. The van der Waals surface area contributed by atoms with E-state index in [4.69, 9.17) is 33.0 Å². The third-order valence-corrected chi connectivity index (χ3v) is 2.52. The van der Waals surface area contributed by atoms with Gasteiger partial charge >= 0.3 is 0 Å². The fourth-order valence-corrected chi connectivity index (χ4v) is 1.75. The Kier molecular flexibility index (Phi) is 3.26. The molecular formula is C10H9ClN2O2S. The maximum Gasteiger partial charge on any atom is 0.284 e. The number of nitrogens with zero attached hydrogens (tertiary/aromatic N) is 1. The van der Waals surface area contributed by atoms with Crippen LogP contribution in [0.3, 0.4) is 0 Å². The van der Waals surface area contributed by atoms with Crippen LogP contribution in [0.15, 0.2) is 22.6 Å². The van der Waals surface area contributed by atoms with Crippen LogP contribution in [0.4, 0.5) is 0 Å². The summed E-state index contributed by atoms with van der Waals surface area (Å²) in [5.74, 6) is 1.18. The summed E-state index contributed by atoms with van der Waals surface area (Å²) >= 11 is 10.8. The van der Waals surface area contributed by atoms with E-state index < -0.39 is 0 Å². The van der Waals surface area contributed by atoms with Crippen molar-refractivity contribution < 1.29 is 9.15 Å². The minimum atomic E-state index is 0.273. The van der Waals surface area contributed by atoms with E-state index in [1.807, 2.05) is 12.1 Å². The van der Waals surface area contributed by atoms with Crippen LogP contribution in [0.1, 0.15) is 11.5 Å². The minimum absolute atomic E-state index is 0.273. The molecule has 0 atom stereocenters. The van der Waals surface area contributed by atoms with Gasteiger partial charge in [0.05, 0.1) is 18.6 Å². The normalized spacial score (nSPS) is 10.4. The molecular weight excluding hydrogens is 248 g/mol. The number of benzene rings is 1. The van der Waals surface area contributed by atoms with Crippen molar-refractivity contribution >= 4 is 23.8 Å². The van der Waals surface area contributed by atoms with E-state index in [2.05, 4.69) is 10.2 Å². The zero-order valence-electron chi connectivity index (χ0n) is 8.49. The van der Waals surface area contributed by atoms with Crippen LogP contribution in [0.2, 0.25) is 5.02 Å². The first-order chi connectivity index (χ1) is 7.69. The van der Waals surface area contributed by atoms with Gasteiger partial charge < -0.3 is 9.15 Å². The Morgan fingerprint density at radius 2 is 2.38 bits per heavy atom. The van der Waals surface area contributed by atoms with Crippen LogP contribution in [-0.2, 0) is 6.42 Å². The second-order valence-corrected chi connectivity index (χ2v) is 3.93. The number of rotatable bonds is 3. The van der Waals surface area contributed by atoms with E-state index in [1.165, 1.54) is 0 Å². The summed E-state index contributed by atoms with van der Waals surface area (Å²) in [7, 11) is 1.58. The van der Waals surface area contributed by atoms with E-state index in [1.54, 1.807) is 13.2 Å². The van der Waals surface area contributed by atoms with E-state index in [0.717, 1.165) is 5.56 Å². The van der Waals surface area contributed by atoms with Gasteiger partial charge in [0.1, 0.15) is 5.75 Å². The molecule has 2 aromatic rings. The molecule has 0 saturated carbocycles. The highest BCUT2D eigenvalue weighted by Crippen LogP contribution is 2.25. The number of H-pyrrole nitrogens is 1. The highest BCUT2D eigenvalue weighted by molar-refractivity contribution is 7.71. The molecule has 1 N–H and O–H groups in total. The summed E-state index contributed by atoms with van der Waals surface area (Å²) in [4.78, 5) is 0.273. The number of methoxy groups -OCH3 is 1. The maximum atomic E-state index is 6.00. The summed E-state index contributed by atoms with van der Waals surface area (Å²) in [6, 6.07) is 5.52. The van der Waals surface area contributed by atoms with Crippen LogP contribution in [0.25, 0.3) is 0 Å². The van der Waals surface area contributed by atoms with Crippen LogP contribution >= 0.6 is 23.8 Å². The van der Waals surface area contributed by atoms with Crippen molar-refractivity contribution in [2.24, 2.45) is 0 Å². The third-order valence-electron chi connectivity index (χ3n) is 2.05. The van der Waals surface area contributed by atoms with Gasteiger partial charge in [-0.25, -0.2) is 5.10 Å². The van der Waals surface area contributed by atoms with Gasteiger partial charge in [-0.2, -0.15) is 0 Å². The molecule has 0 bridgehead atoms. The molecule has 2 rings (SSSR count). The van der Waals surface area contributed by atoms with E-state index >= 15 is 0 Å². The van der Waals surface area contributed by atoms with Gasteiger partial charge in [-0.3, -0.25) is 0 Å². The van der Waals surface area contributed by atoms with Gasteiger partial charge in [-0.05, 0) is 29.9 Å². The number of ether oxygens (including phenoxy) is 1. The van der Waals surface area contributed by atoms with Crippen LogP contribution in [0, 0.1) is 4.84 Å². The van der Waals surface area contributed by atoms with Gasteiger partial charge in [0.2, 0.25) is 5.89 Å². The predicted octanol–water partition coefficient (Wildman–Crippen LogP) is 2.98. The zero-order chi connectivity index (χ0) is 11.5. The molecule has 0 amide bonds. The molecule has 0 fully saturated rings. The Morgan fingerprint density at radius 1 is 1.56 bits per heavy atom. The molecule has 0 saturated heterocycles. The third kappa shape index (κ3) is 2.43. The predicted molar refractivity (Wildman–Crippen MR) is 62.5 cm³/mol. The molecule has 4 nitrogen and oxygen atoms in total. The number of hydrogen-bond acceptors (Lipinski definition) is 4. The molecule has 0 aliphatic heterocycles. The summed E-state index contributed by atoms with van der Waals surface area (Å²) in [6.45, 7) is 0. The van der Waals surface area contributed by atoms with Crippen LogP contribution in [0.5, 0.6) is 5.75 Å². The molecule has 0 aliphatic rings. The zero-order valence-corrected chi connectivity index (χ0v) is 10.1. The van der Waals surface area contributed by atoms with Gasteiger partial charge in [0.25, 0.3) is 4.84 Å². The summed E-state index contributed by atoms with van der Waals surface area (Å²) < 4.78 is 10.2. The molecule has 0 aliphatic carbocycles. The monoisotopic (exact) mass is 256 g/mol. The largest absolute Gasteiger partial charge is 0.495 e. The molecule has 1 aromatic heterocycles. The summed E-state index contributed by atoms with van der Waals surface area (Å²) in [6.07, 6.45) is 0.539. The molecule has 1 aromatic carbocycles. The molecule has 84 valence electrons. The number of halogens is 1. The fraction of sp³-hybridized carbons (Fsp3) is 0.200. The van der Waals surface area contributed by atoms with Gasteiger partial charge in [-0.1, -0.05) is 17.7 Å². The smallest absolute Gasteiger partial charge is 0.284 e. The Hall–Kier alpha value is -1.33. The average Bonchev–Trinajstić information content (AvgIpc) is 2.64. The van der Waals surface area contributed by atoms with Gasteiger partial charge in [0, 0.05) is 0 Å². The van der Waals surface area contributed by atoms with Crippen molar-refractivity contribution in [3.05, 3.63) is 39.5 Å². The molecule has 16 heavy (non-hydrogen) atoms. The molecule has 6 heteroatoms. The molecule has 0 radical (unpaired) electrons. The van der Waals surface area contributed by atoms with Crippen molar-refractivity contribution in [3.8, 4) is 5.75 Å². The Labute approximate surface area is 102 Å². The Morgan fingerprint density at radius 3 is 2.94 bits per heavy atom. The highest BCUT2D eigenvalue weighted by atomic mass is 35.5. The highest BCUT2D eigenvalue weighted by Gasteiger charge is 2.05. The van der Waals surface area contributed by atoms with Crippen molar-refractivity contribution in [2.45, 2.75) is 6.42 Å². The maximum absolute atomic E-state index is 6.00. The lowest BCUT2D eigenvalue weighted by molar-refractivity contribution is 0.415. The number of aromatic nitrogens is 2. The molecule has 0 unspecified atom stereocenters.